The van der Waals surface area contributed by atoms with Crippen LogP contribution >= 0.6 is 7.80 Å². The number of rotatable bonds is 7. The van der Waals surface area contributed by atoms with E-state index in [-0.39, 0.29) is 18.5 Å². The van der Waals surface area contributed by atoms with Crippen molar-refractivity contribution in [2.45, 2.75) is 19.8 Å². The molecule has 6 heteroatoms. The van der Waals surface area contributed by atoms with E-state index in [4.69, 9.17) is 5.11 Å². The van der Waals surface area contributed by atoms with Crippen LogP contribution in [0.4, 0.5) is 0 Å². The van der Waals surface area contributed by atoms with Gasteiger partial charge in [-0.05, 0) is 0 Å². The van der Waals surface area contributed by atoms with Crippen LogP contribution in [0.3, 0.4) is 0 Å². The quantitative estimate of drug-likeness (QED) is 0.622. The van der Waals surface area contributed by atoms with Gasteiger partial charge >= 0.3 is 13.8 Å². The van der Waals surface area contributed by atoms with Gasteiger partial charge < -0.3 is 10.4 Å². The molecular weight excluding hydrogens is 205 g/mol. The number of carboxylic acids is 1. The zero-order valence-electron chi connectivity index (χ0n) is 8.15. The summed E-state index contributed by atoms with van der Waals surface area (Å²) in [7, 11) is -1.49. The van der Waals surface area contributed by atoms with Crippen LogP contribution in [0.15, 0.2) is 0 Å². The Morgan fingerprint density at radius 3 is 2.50 bits per heavy atom. The SMILES string of the molecule is CCC(=O)NCC[P+](=O)CCC(=O)O. The minimum atomic E-state index is -1.49. The highest BCUT2D eigenvalue weighted by Crippen LogP contribution is 2.19. The number of hydrogen-bond acceptors (Lipinski definition) is 3. The lowest BCUT2D eigenvalue weighted by atomic mass is 10.4. The minimum absolute atomic E-state index is 0.0725. The molecule has 0 aromatic rings. The fourth-order valence-electron chi connectivity index (χ4n) is 0.777. The van der Waals surface area contributed by atoms with Crippen molar-refractivity contribution in [2.75, 3.05) is 18.9 Å². The van der Waals surface area contributed by atoms with Crippen molar-refractivity contribution >= 4 is 19.7 Å². The maximum absolute atomic E-state index is 11.2. The Balaban J connectivity index is 3.45. The summed E-state index contributed by atoms with van der Waals surface area (Å²) in [6.45, 7) is 2.10. The average molecular weight is 220 g/mol. The first-order chi connectivity index (χ1) is 6.56. The second-order valence-electron chi connectivity index (χ2n) is 2.78. The van der Waals surface area contributed by atoms with Crippen molar-refractivity contribution in [1.29, 1.82) is 0 Å². The van der Waals surface area contributed by atoms with Crippen LogP contribution in [-0.2, 0) is 14.2 Å². The maximum Gasteiger partial charge on any atom is 0.341 e. The summed E-state index contributed by atoms with van der Waals surface area (Å²) in [6.07, 6.45) is 0.879. The Labute approximate surface area is 83.7 Å². The molecular formula is C8H15NO4P+. The summed E-state index contributed by atoms with van der Waals surface area (Å²) in [6, 6.07) is 0. The number of aliphatic carboxylic acids is 1. The molecule has 0 fully saturated rings. The Morgan fingerprint density at radius 2 is 2.00 bits per heavy atom. The number of amides is 1. The Morgan fingerprint density at radius 1 is 1.36 bits per heavy atom. The number of carbonyl (C=O) groups is 2. The van der Waals surface area contributed by atoms with E-state index in [9.17, 15) is 14.2 Å². The van der Waals surface area contributed by atoms with Crippen LogP contribution in [0.25, 0.3) is 0 Å². The van der Waals surface area contributed by atoms with Gasteiger partial charge in [-0.25, -0.2) is 0 Å². The predicted octanol–water partition coefficient (Wildman–Crippen LogP) is 0.815. The maximum atomic E-state index is 11.2. The summed E-state index contributed by atoms with van der Waals surface area (Å²) in [5, 5.41) is 10.9. The molecule has 0 radical (unpaired) electrons. The van der Waals surface area contributed by atoms with Gasteiger partial charge in [0.05, 0.1) is 13.0 Å². The number of carboxylic acid groups (broad SMARTS) is 1. The summed E-state index contributed by atoms with van der Waals surface area (Å²) in [4.78, 5) is 20.9. The summed E-state index contributed by atoms with van der Waals surface area (Å²) in [5.41, 5.74) is 0. The van der Waals surface area contributed by atoms with Gasteiger partial charge in [-0.3, -0.25) is 9.59 Å². The molecule has 0 aliphatic heterocycles. The lowest BCUT2D eigenvalue weighted by molar-refractivity contribution is -0.136. The smallest absolute Gasteiger partial charge is 0.341 e. The molecule has 1 atom stereocenters. The van der Waals surface area contributed by atoms with Crippen molar-refractivity contribution in [1.82, 2.24) is 5.32 Å². The van der Waals surface area contributed by atoms with Crippen molar-refractivity contribution in [3.63, 3.8) is 0 Å². The summed E-state index contributed by atoms with van der Waals surface area (Å²) in [5.74, 6) is -1.02. The average Bonchev–Trinajstić information content (AvgIpc) is 2.14. The number of nitrogens with one attached hydrogen (secondary N) is 1. The molecule has 0 saturated carbocycles. The van der Waals surface area contributed by atoms with E-state index in [1.54, 1.807) is 6.92 Å². The molecule has 0 bridgehead atoms. The lowest BCUT2D eigenvalue weighted by Crippen LogP contribution is -2.24. The largest absolute Gasteiger partial charge is 0.481 e. The van der Waals surface area contributed by atoms with Gasteiger partial charge in [0.2, 0.25) is 5.91 Å². The topological polar surface area (TPSA) is 83.5 Å². The van der Waals surface area contributed by atoms with Gasteiger partial charge in [0.25, 0.3) is 0 Å². The first kappa shape index (κ1) is 13.0. The van der Waals surface area contributed by atoms with E-state index in [0.29, 0.717) is 19.1 Å². The van der Waals surface area contributed by atoms with Gasteiger partial charge in [-0.1, -0.05) is 11.5 Å². The van der Waals surface area contributed by atoms with Crippen LogP contribution in [0.2, 0.25) is 0 Å². The monoisotopic (exact) mass is 220 g/mol. The van der Waals surface area contributed by atoms with Gasteiger partial charge in [-0.2, -0.15) is 0 Å². The van der Waals surface area contributed by atoms with Crippen LogP contribution in [0.5, 0.6) is 0 Å². The van der Waals surface area contributed by atoms with Crippen molar-refractivity contribution in [3.05, 3.63) is 0 Å². The van der Waals surface area contributed by atoms with Crippen LogP contribution in [0.1, 0.15) is 19.8 Å². The molecule has 80 valence electrons. The fourth-order valence-corrected chi connectivity index (χ4v) is 1.80. The van der Waals surface area contributed by atoms with E-state index in [2.05, 4.69) is 5.32 Å². The molecule has 2 N–H and O–H groups in total. The highest BCUT2D eigenvalue weighted by molar-refractivity contribution is 7.44. The molecule has 0 aromatic carbocycles. The third kappa shape index (κ3) is 7.68. The molecule has 5 nitrogen and oxygen atoms in total. The van der Waals surface area contributed by atoms with E-state index in [0.717, 1.165) is 0 Å². The Hall–Kier alpha value is -0.960. The molecule has 1 amide bonds. The predicted molar refractivity (Wildman–Crippen MR) is 52.9 cm³/mol. The molecule has 0 heterocycles. The lowest BCUT2D eigenvalue weighted by Gasteiger charge is -1.96. The second-order valence-corrected chi connectivity index (χ2v) is 4.63. The van der Waals surface area contributed by atoms with Crippen LogP contribution in [0, 0.1) is 0 Å². The fraction of sp³-hybridized carbons (Fsp3) is 0.750. The summed E-state index contributed by atoms with van der Waals surface area (Å²) >= 11 is 0. The molecule has 0 rings (SSSR count). The highest BCUT2D eigenvalue weighted by atomic mass is 31.1. The second kappa shape index (κ2) is 7.44. The first-order valence-electron chi connectivity index (χ1n) is 4.46. The third-order valence-corrected chi connectivity index (χ3v) is 3.02. The molecule has 0 aromatic heterocycles. The zero-order valence-corrected chi connectivity index (χ0v) is 9.05. The van der Waals surface area contributed by atoms with Crippen molar-refractivity contribution in [3.8, 4) is 0 Å². The minimum Gasteiger partial charge on any atom is -0.481 e. The normalized spacial score (nSPS) is 10.8. The number of hydrogen-bond donors (Lipinski definition) is 2. The van der Waals surface area contributed by atoms with Crippen LogP contribution < -0.4 is 5.32 Å². The Kier molecular flexibility index (Phi) is 6.93. The standard InChI is InChI=1S/C8H14NO4P/c1-2-7(10)9-4-6-14(13)5-3-8(11)12/h2-6H2,1H3,(H-,9,10,11,12)/p+1. The van der Waals surface area contributed by atoms with Crippen molar-refractivity contribution in [2.24, 2.45) is 0 Å². The summed E-state index contributed by atoms with van der Waals surface area (Å²) < 4.78 is 11.2. The van der Waals surface area contributed by atoms with E-state index < -0.39 is 13.8 Å². The number of carbonyl (C=O) groups excluding carboxylic acids is 1. The van der Waals surface area contributed by atoms with Gasteiger partial charge in [-0.15, -0.1) is 0 Å². The van der Waals surface area contributed by atoms with Gasteiger partial charge in [0.15, 0.2) is 12.3 Å². The molecule has 0 saturated heterocycles. The van der Waals surface area contributed by atoms with E-state index >= 15 is 0 Å². The van der Waals surface area contributed by atoms with E-state index in [1.165, 1.54) is 0 Å². The zero-order chi connectivity index (χ0) is 11.0. The van der Waals surface area contributed by atoms with E-state index in [1.807, 2.05) is 0 Å². The van der Waals surface area contributed by atoms with Gasteiger partial charge in [0, 0.05) is 6.42 Å². The van der Waals surface area contributed by atoms with Crippen molar-refractivity contribution < 1.29 is 19.3 Å². The molecule has 0 spiro atoms. The Bertz CT molecular complexity index is 229. The third-order valence-electron chi connectivity index (χ3n) is 1.58. The first-order valence-corrected chi connectivity index (χ1v) is 6.09. The molecule has 0 aliphatic rings. The molecule has 0 aliphatic carbocycles. The molecule has 1 unspecified atom stereocenters. The van der Waals surface area contributed by atoms with Gasteiger partial charge in [0.1, 0.15) is 0 Å². The molecule has 14 heavy (non-hydrogen) atoms. The highest BCUT2D eigenvalue weighted by Gasteiger charge is 2.16. The van der Waals surface area contributed by atoms with Crippen LogP contribution in [-0.4, -0.2) is 35.9 Å².